The van der Waals surface area contributed by atoms with E-state index in [9.17, 15) is 4.39 Å². The lowest BCUT2D eigenvalue weighted by Crippen LogP contribution is -2.25. The zero-order chi connectivity index (χ0) is 14.4. The van der Waals surface area contributed by atoms with Crippen molar-refractivity contribution in [1.82, 2.24) is 10.3 Å². The Bertz CT molecular complexity index is 554. The molecule has 1 aromatic carbocycles. The molecule has 2 nitrogen and oxygen atoms in total. The van der Waals surface area contributed by atoms with Gasteiger partial charge in [-0.3, -0.25) is 4.98 Å². The van der Waals surface area contributed by atoms with Crippen molar-refractivity contribution in [1.29, 1.82) is 0 Å². The SMILES string of the molecule is CCCNC(c1cccc(CC)c1)c1ncccc1F. The highest BCUT2D eigenvalue weighted by atomic mass is 19.1. The smallest absolute Gasteiger partial charge is 0.146 e. The lowest BCUT2D eigenvalue weighted by Gasteiger charge is -2.19. The zero-order valence-electron chi connectivity index (χ0n) is 12.1. The second-order valence-corrected chi connectivity index (χ2v) is 4.86. The Labute approximate surface area is 120 Å². The monoisotopic (exact) mass is 272 g/mol. The lowest BCUT2D eigenvalue weighted by molar-refractivity contribution is 0.531. The van der Waals surface area contributed by atoms with Crippen LogP contribution in [0.3, 0.4) is 0 Å². The number of pyridine rings is 1. The van der Waals surface area contributed by atoms with Crippen LogP contribution in [0.1, 0.15) is 43.1 Å². The molecule has 20 heavy (non-hydrogen) atoms. The number of benzene rings is 1. The van der Waals surface area contributed by atoms with Crippen LogP contribution in [0, 0.1) is 5.82 Å². The molecule has 1 atom stereocenters. The summed E-state index contributed by atoms with van der Waals surface area (Å²) in [6.45, 7) is 5.05. The van der Waals surface area contributed by atoms with Crippen LogP contribution in [-0.4, -0.2) is 11.5 Å². The normalized spacial score (nSPS) is 12.3. The Balaban J connectivity index is 2.38. The highest BCUT2D eigenvalue weighted by molar-refractivity contribution is 5.32. The van der Waals surface area contributed by atoms with Crippen LogP contribution in [0.15, 0.2) is 42.6 Å². The first-order chi connectivity index (χ1) is 9.76. The van der Waals surface area contributed by atoms with Gasteiger partial charge >= 0.3 is 0 Å². The summed E-state index contributed by atoms with van der Waals surface area (Å²) in [5.74, 6) is -0.261. The Morgan fingerprint density at radius 3 is 2.75 bits per heavy atom. The van der Waals surface area contributed by atoms with Gasteiger partial charge in [-0.1, -0.05) is 38.1 Å². The van der Waals surface area contributed by atoms with E-state index >= 15 is 0 Å². The van der Waals surface area contributed by atoms with Crippen molar-refractivity contribution in [3.63, 3.8) is 0 Å². The maximum atomic E-state index is 14.0. The van der Waals surface area contributed by atoms with Crippen LogP contribution in [0.25, 0.3) is 0 Å². The number of rotatable bonds is 6. The van der Waals surface area contributed by atoms with Crippen LogP contribution in [-0.2, 0) is 6.42 Å². The van der Waals surface area contributed by atoms with Crippen LogP contribution in [0.4, 0.5) is 4.39 Å². The van der Waals surface area contributed by atoms with Crippen LogP contribution in [0.2, 0.25) is 0 Å². The van der Waals surface area contributed by atoms with Gasteiger partial charge in [-0.2, -0.15) is 0 Å². The summed E-state index contributed by atoms with van der Waals surface area (Å²) in [6, 6.07) is 11.2. The summed E-state index contributed by atoms with van der Waals surface area (Å²) in [5.41, 5.74) is 2.78. The van der Waals surface area contributed by atoms with Crippen molar-refractivity contribution in [3.05, 3.63) is 65.2 Å². The topological polar surface area (TPSA) is 24.9 Å². The first-order valence-electron chi connectivity index (χ1n) is 7.18. The summed E-state index contributed by atoms with van der Waals surface area (Å²) >= 11 is 0. The first-order valence-corrected chi connectivity index (χ1v) is 7.18. The fourth-order valence-electron chi connectivity index (χ4n) is 2.26. The molecule has 0 aliphatic heterocycles. The van der Waals surface area contributed by atoms with E-state index in [1.807, 2.05) is 12.1 Å². The molecule has 0 aliphatic rings. The Hall–Kier alpha value is -1.74. The van der Waals surface area contributed by atoms with Crippen molar-refractivity contribution in [2.75, 3.05) is 6.54 Å². The minimum Gasteiger partial charge on any atom is -0.305 e. The molecule has 0 saturated heterocycles. The predicted molar refractivity (Wildman–Crippen MR) is 80.2 cm³/mol. The molecule has 0 radical (unpaired) electrons. The van der Waals surface area contributed by atoms with Crippen LogP contribution < -0.4 is 5.32 Å². The highest BCUT2D eigenvalue weighted by Gasteiger charge is 2.18. The summed E-state index contributed by atoms with van der Waals surface area (Å²) in [5, 5.41) is 3.39. The second kappa shape index (κ2) is 7.15. The van der Waals surface area contributed by atoms with E-state index in [0.29, 0.717) is 5.69 Å². The molecule has 3 heteroatoms. The third-order valence-electron chi connectivity index (χ3n) is 3.35. The van der Waals surface area contributed by atoms with Crippen LogP contribution in [0.5, 0.6) is 0 Å². The molecule has 106 valence electrons. The van der Waals surface area contributed by atoms with Gasteiger partial charge < -0.3 is 5.32 Å². The summed E-state index contributed by atoms with van der Waals surface area (Å²) < 4.78 is 14.0. The quantitative estimate of drug-likeness (QED) is 0.863. The largest absolute Gasteiger partial charge is 0.305 e. The molecular weight excluding hydrogens is 251 g/mol. The predicted octanol–water partition coefficient (Wildman–Crippen LogP) is 3.87. The lowest BCUT2D eigenvalue weighted by atomic mass is 9.99. The average Bonchev–Trinajstić information content (AvgIpc) is 2.49. The number of nitrogens with zero attached hydrogens (tertiary/aromatic N) is 1. The molecule has 0 saturated carbocycles. The zero-order valence-corrected chi connectivity index (χ0v) is 12.1. The summed E-state index contributed by atoms with van der Waals surface area (Å²) in [4.78, 5) is 4.23. The number of hydrogen-bond donors (Lipinski definition) is 1. The standard InChI is InChI=1S/C17H21FN2/c1-3-10-19-16(17-15(18)9-6-11-20-17)14-8-5-7-13(4-2)12-14/h5-9,11-12,16,19H,3-4,10H2,1-2H3. The van der Waals surface area contributed by atoms with Crippen molar-refractivity contribution >= 4 is 0 Å². The van der Waals surface area contributed by atoms with Gasteiger partial charge in [0.15, 0.2) is 0 Å². The summed E-state index contributed by atoms with van der Waals surface area (Å²) in [7, 11) is 0. The maximum Gasteiger partial charge on any atom is 0.146 e. The first kappa shape index (κ1) is 14.7. The Kier molecular flexibility index (Phi) is 5.24. The van der Waals surface area contributed by atoms with Gasteiger partial charge in [0.25, 0.3) is 0 Å². The van der Waals surface area contributed by atoms with Gasteiger partial charge in [-0.05, 0) is 42.6 Å². The molecule has 2 rings (SSSR count). The molecule has 0 fully saturated rings. The van der Waals surface area contributed by atoms with Crippen molar-refractivity contribution in [2.24, 2.45) is 0 Å². The van der Waals surface area contributed by atoms with Gasteiger partial charge in [-0.15, -0.1) is 0 Å². The molecular formula is C17H21FN2. The van der Waals surface area contributed by atoms with E-state index in [1.165, 1.54) is 11.6 Å². The molecule has 2 aromatic rings. The molecule has 1 N–H and O–H groups in total. The van der Waals surface area contributed by atoms with Gasteiger partial charge in [0.1, 0.15) is 5.82 Å². The Morgan fingerprint density at radius 2 is 2.05 bits per heavy atom. The third-order valence-corrected chi connectivity index (χ3v) is 3.35. The molecule has 1 heterocycles. The van der Waals surface area contributed by atoms with Crippen molar-refractivity contribution < 1.29 is 4.39 Å². The van der Waals surface area contributed by atoms with Crippen molar-refractivity contribution in [3.8, 4) is 0 Å². The van der Waals surface area contributed by atoms with Gasteiger partial charge in [-0.25, -0.2) is 4.39 Å². The van der Waals surface area contributed by atoms with E-state index < -0.39 is 0 Å². The highest BCUT2D eigenvalue weighted by Crippen LogP contribution is 2.23. The van der Waals surface area contributed by atoms with Gasteiger partial charge in [0, 0.05) is 6.20 Å². The van der Waals surface area contributed by atoms with E-state index in [1.54, 1.807) is 12.3 Å². The van der Waals surface area contributed by atoms with Gasteiger partial charge in [0.05, 0.1) is 11.7 Å². The molecule has 0 spiro atoms. The number of nitrogens with one attached hydrogen (secondary N) is 1. The fraction of sp³-hybridized carbons (Fsp3) is 0.353. The number of hydrogen-bond acceptors (Lipinski definition) is 2. The Morgan fingerprint density at radius 1 is 1.20 bits per heavy atom. The number of aryl methyl sites for hydroxylation is 1. The van der Waals surface area contributed by atoms with Crippen molar-refractivity contribution in [2.45, 2.75) is 32.7 Å². The molecule has 0 amide bonds. The van der Waals surface area contributed by atoms with E-state index in [2.05, 4.69) is 36.3 Å². The minimum absolute atomic E-state index is 0.192. The second-order valence-electron chi connectivity index (χ2n) is 4.86. The molecule has 1 aromatic heterocycles. The average molecular weight is 272 g/mol. The molecule has 1 unspecified atom stereocenters. The number of aromatic nitrogens is 1. The molecule has 0 aliphatic carbocycles. The molecule has 0 bridgehead atoms. The third kappa shape index (κ3) is 3.42. The van der Waals surface area contributed by atoms with E-state index in [0.717, 1.165) is 24.9 Å². The fourth-order valence-corrected chi connectivity index (χ4v) is 2.26. The summed E-state index contributed by atoms with van der Waals surface area (Å²) in [6.07, 6.45) is 3.61. The maximum absolute atomic E-state index is 14.0. The minimum atomic E-state index is -0.261. The number of halogens is 1. The van der Waals surface area contributed by atoms with E-state index in [-0.39, 0.29) is 11.9 Å². The van der Waals surface area contributed by atoms with Crippen LogP contribution >= 0.6 is 0 Å². The van der Waals surface area contributed by atoms with E-state index in [4.69, 9.17) is 0 Å². The van der Waals surface area contributed by atoms with Gasteiger partial charge in [0.2, 0.25) is 0 Å².